The van der Waals surface area contributed by atoms with Crippen LogP contribution in [0.4, 0.5) is 30.6 Å². The molecule has 7 nitrogen and oxygen atoms in total. The highest BCUT2D eigenvalue weighted by Gasteiger charge is 2.30. The molecule has 2 aromatic rings. The van der Waals surface area contributed by atoms with E-state index in [1.165, 1.54) is 24.3 Å². The number of halogens is 3. The van der Waals surface area contributed by atoms with Gasteiger partial charge in [-0.1, -0.05) is 0 Å². The highest BCUT2D eigenvalue weighted by Crippen LogP contribution is 2.24. The van der Waals surface area contributed by atoms with Crippen LogP contribution in [0.2, 0.25) is 0 Å². The molecule has 1 fully saturated rings. The maximum absolute atomic E-state index is 12.2. The van der Waals surface area contributed by atoms with Crippen LogP contribution in [0.15, 0.2) is 36.5 Å². The number of nitrogens with zero attached hydrogens (tertiary/aromatic N) is 3. The maximum Gasteiger partial charge on any atom is 0.573 e. The summed E-state index contributed by atoms with van der Waals surface area (Å²) in [6.45, 7) is 5.29. The van der Waals surface area contributed by atoms with Gasteiger partial charge in [-0.3, -0.25) is 4.90 Å². The van der Waals surface area contributed by atoms with E-state index in [1.807, 2.05) is 0 Å². The van der Waals surface area contributed by atoms with Crippen LogP contribution >= 0.6 is 0 Å². The second-order valence-corrected chi connectivity index (χ2v) is 6.20. The molecular formula is C18H22F3N5O2. The Morgan fingerprint density at radius 3 is 2.57 bits per heavy atom. The first-order valence-electron chi connectivity index (χ1n) is 8.98. The van der Waals surface area contributed by atoms with E-state index in [-0.39, 0.29) is 5.75 Å². The van der Waals surface area contributed by atoms with Crippen LogP contribution in [0, 0.1) is 0 Å². The molecule has 1 aliphatic heterocycles. The van der Waals surface area contributed by atoms with E-state index >= 15 is 0 Å². The molecule has 0 atom stereocenters. The van der Waals surface area contributed by atoms with Crippen molar-refractivity contribution < 1.29 is 22.6 Å². The SMILES string of the molecule is FC(F)(F)Oc1ccc(Nc2nccc(NCCCN3CCOCC3)n2)cc1. The lowest BCUT2D eigenvalue weighted by atomic mass is 10.3. The Bertz CT molecular complexity index is 737. The van der Waals surface area contributed by atoms with E-state index in [1.54, 1.807) is 12.3 Å². The van der Waals surface area contributed by atoms with Crippen LogP contribution in [0.5, 0.6) is 5.75 Å². The van der Waals surface area contributed by atoms with Gasteiger partial charge in [-0.25, -0.2) is 4.98 Å². The quantitative estimate of drug-likeness (QED) is 0.663. The van der Waals surface area contributed by atoms with Crippen molar-refractivity contribution in [1.29, 1.82) is 0 Å². The topological polar surface area (TPSA) is 71.5 Å². The fourth-order valence-electron chi connectivity index (χ4n) is 2.73. The van der Waals surface area contributed by atoms with Crippen molar-refractivity contribution in [1.82, 2.24) is 14.9 Å². The van der Waals surface area contributed by atoms with Gasteiger partial charge in [0.15, 0.2) is 0 Å². The van der Waals surface area contributed by atoms with Gasteiger partial charge in [-0.15, -0.1) is 13.2 Å². The van der Waals surface area contributed by atoms with E-state index < -0.39 is 6.36 Å². The third-order valence-electron chi connectivity index (χ3n) is 4.06. The van der Waals surface area contributed by atoms with Crippen molar-refractivity contribution in [3.05, 3.63) is 36.5 Å². The van der Waals surface area contributed by atoms with Crippen LogP contribution in [0.3, 0.4) is 0 Å². The Kier molecular flexibility index (Phi) is 6.88. The fourth-order valence-corrected chi connectivity index (χ4v) is 2.73. The lowest BCUT2D eigenvalue weighted by molar-refractivity contribution is -0.274. The number of anilines is 3. The molecule has 2 heterocycles. The van der Waals surface area contributed by atoms with E-state index in [4.69, 9.17) is 4.74 Å². The molecule has 1 saturated heterocycles. The summed E-state index contributed by atoms with van der Waals surface area (Å²) in [5.41, 5.74) is 0.555. The van der Waals surface area contributed by atoms with Crippen LogP contribution < -0.4 is 15.4 Å². The van der Waals surface area contributed by atoms with Crippen molar-refractivity contribution in [2.24, 2.45) is 0 Å². The molecule has 0 aliphatic carbocycles. The number of morpholine rings is 1. The highest BCUT2D eigenvalue weighted by molar-refractivity contribution is 5.55. The van der Waals surface area contributed by atoms with Gasteiger partial charge in [0.25, 0.3) is 0 Å². The summed E-state index contributed by atoms with van der Waals surface area (Å²) >= 11 is 0. The number of nitrogens with one attached hydrogen (secondary N) is 2. The van der Waals surface area contributed by atoms with E-state index in [0.717, 1.165) is 45.8 Å². The molecule has 10 heteroatoms. The average molecular weight is 397 g/mol. The predicted molar refractivity (Wildman–Crippen MR) is 98.8 cm³/mol. The number of hydrogen-bond donors (Lipinski definition) is 2. The number of hydrogen-bond acceptors (Lipinski definition) is 7. The van der Waals surface area contributed by atoms with E-state index in [0.29, 0.717) is 17.5 Å². The zero-order valence-electron chi connectivity index (χ0n) is 15.2. The number of alkyl halides is 3. The monoisotopic (exact) mass is 397 g/mol. The van der Waals surface area contributed by atoms with Gasteiger partial charge in [0.2, 0.25) is 5.95 Å². The summed E-state index contributed by atoms with van der Waals surface area (Å²) in [4.78, 5) is 10.8. The minimum Gasteiger partial charge on any atom is -0.406 e. The molecule has 0 amide bonds. The van der Waals surface area contributed by atoms with Crippen molar-refractivity contribution in [3.8, 4) is 5.75 Å². The van der Waals surface area contributed by atoms with Gasteiger partial charge < -0.3 is 20.1 Å². The van der Waals surface area contributed by atoms with Gasteiger partial charge in [-0.2, -0.15) is 4.98 Å². The number of rotatable bonds is 8. The summed E-state index contributed by atoms with van der Waals surface area (Å²) in [6, 6.07) is 7.15. The summed E-state index contributed by atoms with van der Waals surface area (Å²) in [6.07, 6.45) is -2.12. The molecule has 1 aliphatic rings. The average Bonchev–Trinajstić information content (AvgIpc) is 2.67. The summed E-state index contributed by atoms with van der Waals surface area (Å²) in [5.74, 6) is 0.744. The summed E-state index contributed by atoms with van der Waals surface area (Å²) in [5, 5.41) is 6.21. The van der Waals surface area contributed by atoms with Gasteiger partial charge in [0.05, 0.1) is 13.2 Å². The van der Waals surface area contributed by atoms with Crippen molar-refractivity contribution in [3.63, 3.8) is 0 Å². The van der Waals surface area contributed by atoms with E-state index in [9.17, 15) is 13.2 Å². The molecule has 0 unspecified atom stereocenters. The van der Waals surface area contributed by atoms with Crippen LogP contribution in [-0.4, -0.2) is 60.6 Å². The molecule has 0 spiro atoms. The summed E-state index contributed by atoms with van der Waals surface area (Å²) in [7, 11) is 0. The molecule has 1 aromatic heterocycles. The first kappa shape index (κ1) is 20.2. The Hall–Kier alpha value is -2.59. The Morgan fingerprint density at radius 2 is 1.86 bits per heavy atom. The van der Waals surface area contributed by atoms with Crippen molar-refractivity contribution >= 4 is 17.5 Å². The van der Waals surface area contributed by atoms with Crippen molar-refractivity contribution in [2.75, 3.05) is 50.0 Å². The largest absolute Gasteiger partial charge is 0.573 e. The van der Waals surface area contributed by atoms with Gasteiger partial charge in [-0.05, 0) is 43.3 Å². The molecule has 3 rings (SSSR count). The highest BCUT2D eigenvalue weighted by atomic mass is 19.4. The number of aromatic nitrogens is 2. The van der Waals surface area contributed by atoms with Gasteiger partial charge in [0, 0.05) is 31.5 Å². The molecule has 0 saturated carbocycles. The Labute approximate surface area is 160 Å². The molecule has 28 heavy (non-hydrogen) atoms. The number of benzene rings is 1. The molecule has 0 bridgehead atoms. The van der Waals surface area contributed by atoms with Gasteiger partial charge >= 0.3 is 6.36 Å². The minimum atomic E-state index is -4.71. The van der Waals surface area contributed by atoms with Crippen LogP contribution in [-0.2, 0) is 4.74 Å². The minimum absolute atomic E-state index is 0.283. The van der Waals surface area contributed by atoms with Crippen molar-refractivity contribution in [2.45, 2.75) is 12.8 Å². The maximum atomic E-state index is 12.2. The molecule has 0 radical (unpaired) electrons. The first-order chi connectivity index (χ1) is 13.5. The first-order valence-corrected chi connectivity index (χ1v) is 8.98. The smallest absolute Gasteiger partial charge is 0.406 e. The second kappa shape index (κ2) is 9.56. The second-order valence-electron chi connectivity index (χ2n) is 6.20. The molecule has 2 N–H and O–H groups in total. The third-order valence-corrected chi connectivity index (χ3v) is 4.06. The predicted octanol–water partition coefficient (Wildman–Crippen LogP) is 3.25. The third kappa shape index (κ3) is 6.86. The zero-order chi connectivity index (χ0) is 19.8. The summed E-state index contributed by atoms with van der Waals surface area (Å²) < 4.78 is 45.8. The lowest BCUT2D eigenvalue weighted by Gasteiger charge is -2.26. The van der Waals surface area contributed by atoms with Crippen LogP contribution in [0.1, 0.15) is 6.42 Å². The molecule has 1 aromatic carbocycles. The molecular weight excluding hydrogens is 375 g/mol. The zero-order valence-corrected chi connectivity index (χ0v) is 15.2. The van der Waals surface area contributed by atoms with Gasteiger partial charge in [0.1, 0.15) is 11.6 Å². The van der Waals surface area contributed by atoms with Crippen LogP contribution in [0.25, 0.3) is 0 Å². The number of ether oxygens (including phenoxy) is 2. The lowest BCUT2D eigenvalue weighted by Crippen LogP contribution is -2.37. The van der Waals surface area contributed by atoms with E-state index in [2.05, 4.69) is 30.2 Å². The fraction of sp³-hybridized carbons (Fsp3) is 0.444. The molecule has 152 valence electrons. The Balaban J connectivity index is 1.46. The Morgan fingerprint density at radius 1 is 1.11 bits per heavy atom. The standard InChI is InChI=1S/C18H22F3N5O2/c19-18(20,21)28-15-4-2-14(3-5-15)24-17-23-8-6-16(25-17)22-7-1-9-26-10-12-27-13-11-26/h2-6,8H,1,7,9-13H2,(H2,22,23,24,25). The normalized spacial score (nSPS) is 15.2.